The van der Waals surface area contributed by atoms with Crippen LogP contribution in [0.2, 0.25) is 0 Å². The lowest BCUT2D eigenvalue weighted by molar-refractivity contribution is 0.174. The van der Waals surface area contributed by atoms with Crippen LogP contribution in [0.1, 0.15) is 22.3 Å². The lowest BCUT2D eigenvalue weighted by Crippen LogP contribution is -2.28. The van der Waals surface area contributed by atoms with Crippen LogP contribution < -0.4 is 9.47 Å². The van der Waals surface area contributed by atoms with Crippen LogP contribution >= 0.6 is 31.9 Å². The summed E-state index contributed by atoms with van der Waals surface area (Å²) in [5.74, 6) is 1.58. The number of fused-ring (bicyclic) bond motifs is 4. The van der Waals surface area contributed by atoms with Gasteiger partial charge in [-0.3, -0.25) is 0 Å². The van der Waals surface area contributed by atoms with E-state index >= 15 is 0 Å². The van der Waals surface area contributed by atoms with Gasteiger partial charge in [0.2, 0.25) is 6.79 Å². The summed E-state index contributed by atoms with van der Waals surface area (Å²) >= 11 is 7.49. The first-order valence-corrected chi connectivity index (χ1v) is 13.4. The normalized spacial score (nSPS) is 14.4. The zero-order valence-corrected chi connectivity index (χ0v) is 22.3. The number of ether oxygens (including phenoxy) is 2. The largest absolute Gasteiger partial charge is 0.454 e. The molecule has 5 aromatic rings. The Labute approximate surface area is 226 Å². The summed E-state index contributed by atoms with van der Waals surface area (Å²) in [6, 6.07) is 39.0. The molecule has 0 fully saturated rings. The predicted molar refractivity (Wildman–Crippen MR) is 151 cm³/mol. The highest BCUT2D eigenvalue weighted by atomic mass is 79.9. The molecule has 7 rings (SSSR count). The first-order valence-electron chi connectivity index (χ1n) is 11.8. The molecule has 0 atom stereocenters. The van der Waals surface area contributed by atoms with E-state index in [1.165, 1.54) is 44.5 Å². The summed E-state index contributed by atoms with van der Waals surface area (Å²) in [5, 5.41) is 0. The molecule has 174 valence electrons. The average molecular weight is 596 g/mol. The van der Waals surface area contributed by atoms with Gasteiger partial charge in [0.05, 0.1) is 5.41 Å². The maximum atomic E-state index is 5.91. The van der Waals surface area contributed by atoms with Gasteiger partial charge in [-0.15, -0.1) is 0 Å². The van der Waals surface area contributed by atoms with Crippen LogP contribution in [0.5, 0.6) is 11.5 Å². The molecule has 4 heteroatoms. The molecule has 1 heterocycles. The Morgan fingerprint density at radius 2 is 1.19 bits per heavy atom. The molecule has 1 aliphatic carbocycles. The van der Waals surface area contributed by atoms with Gasteiger partial charge in [-0.2, -0.15) is 0 Å². The van der Waals surface area contributed by atoms with E-state index in [0.29, 0.717) is 0 Å². The van der Waals surface area contributed by atoms with E-state index in [1.807, 2.05) is 0 Å². The molecular formula is C32H20Br2O2. The van der Waals surface area contributed by atoms with E-state index in [0.717, 1.165) is 20.4 Å². The minimum absolute atomic E-state index is 0.242. The number of benzene rings is 5. The quantitative estimate of drug-likeness (QED) is 0.203. The van der Waals surface area contributed by atoms with Gasteiger partial charge in [-0.25, -0.2) is 0 Å². The molecule has 0 aromatic heterocycles. The summed E-state index contributed by atoms with van der Waals surface area (Å²) in [5.41, 5.74) is 9.10. The second kappa shape index (κ2) is 8.36. The van der Waals surface area contributed by atoms with Crippen LogP contribution in [-0.2, 0) is 5.41 Å². The molecule has 0 radical (unpaired) electrons. The second-order valence-corrected chi connectivity index (χ2v) is 10.9. The third-order valence-electron chi connectivity index (χ3n) is 7.25. The Balaban J connectivity index is 1.67. The summed E-state index contributed by atoms with van der Waals surface area (Å²) in [7, 11) is 0. The monoisotopic (exact) mass is 594 g/mol. The van der Waals surface area contributed by atoms with Crippen molar-refractivity contribution in [2.45, 2.75) is 5.41 Å². The van der Waals surface area contributed by atoms with Gasteiger partial charge < -0.3 is 9.47 Å². The minimum atomic E-state index is -0.538. The number of hydrogen-bond acceptors (Lipinski definition) is 2. The molecule has 5 aromatic carbocycles. The number of rotatable bonds is 3. The highest BCUT2D eigenvalue weighted by Crippen LogP contribution is 2.60. The van der Waals surface area contributed by atoms with Crippen molar-refractivity contribution in [2.24, 2.45) is 0 Å². The van der Waals surface area contributed by atoms with Crippen molar-refractivity contribution in [3.63, 3.8) is 0 Å². The third kappa shape index (κ3) is 3.14. The van der Waals surface area contributed by atoms with Gasteiger partial charge in [0.1, 0.15) is 0 Å². The van der Waals surface area contributed by atoms with E-state index in [4.69, 9.17) is 9.47 Å². The zero-order chi connectivity index (χ0) is 24.3. The molecule has 0 saturated heterocycles. The second-order valence-electron chi connectivity index (χ2n) is 9.12. The van der Waals surface area contributed by atoms with Crippen molar-refractivity contribution in [1.29, 1.82) is 0 Å². The van der Waals surface area contributed by atoms with Crippen LogP contribution in [0.25, 0.3) is 22.3 Å². The van der Waals surface area contributed by atoms with Gasteiger partial charge in [0.15, 0.2) is 11.5 Å². The maximum Gasteiger partial charge on any atom is 0.231 e. The Kier molecular flexibility index (Phi) is 5.09. The summed E-state index contributed by atoms with van der Waals surface area (Å²) in [6.07, 6.45) is 0. The molecule has 0 N–H and O–H groups in total. The van der Waals surface area contributed by atoms with Gasteiger partial charge in [-0.1, -0.05) is 105 Å². The van der Waals surface area contributed by atoms with E-state index in [9.17, 15) is 0 Å². The van der Waals surface area contributed by atoms with Crippen LogP contribution in [0.15, 0.2) is 118 Å². The molecule has 0 amide bonds. The predicted octanol–water partition coefficient (Wildman–Crippen LogP) is 8.97. The SMILES string of the molecule is Brc1cccc(C2(c3cccc(Br)c3)c3cc4c(cc3-c3c(-c5ccccc5)cccc32)OCO4)c1. The third-order valence-corrected chi connectivity index (χ3v) is 8.24. The van der Waals surface area contributed by atoms with Crippen LogP contribution in [0.4, 0.5) is 0 Å². The van der Waals surface area contributed by atoms with Crippen molar-refractivity contribution in [1.82, 2.24) is 0 Å². The fraction of sp³-hybridized carbons (Fsp3) is 0.0625. The Morgan fingerprint density at radius 3 is 1.86 bits per heavy atom. The lowest BCUT2D eigenvalue weighted by Gasteiger charge is -2.34. The van der Waals surface area contributed by atoms with Crippen LogP contribution in [0.3, 0.4) is 0 Å². The van der Waals surface area contributed by atoms with Crippen molar-refractivity contribution in [2.75, 3.05) is 6.79 Å². The number of hydrogen-bond donors (Lipinski definition) is 0. The molecule has 2 nitrogen and oxygen atoms in total. The van der Waals surface area contributed by atoms with Gasteiger partial charge >= 0.3 is 0 Å². The number of halogens is 2. The summed E-state index contributed by atoms with van der Waals surface area (Å²) < 4.78 is 13.9. The average Bonchev–Trinajstić information content (AvgIpc) is 3.48. The molecule has 36 heavy (non-hydrogen) atoms. The van der Waals surface area contributed by atoms with Gasteiger partial charge in [0, 0.05) is 8.95 Å². The first-order chi connectivity index (χ1) is 17.7. The maximum absolute atomic E-state index is 5.91. The van der Waals surface area contributed by atoms with E-state index < -0.39 is 5.41 Å². The molecule has 0 spiro atoms. The van der Waals surface area contributed by atoms with E-state index in [-0.39, 0.29) is 6.79 Å². The Morgan fingerprint density at radius 1 is 0.556 bits per heavy atom. The highest BCUT2D eigenvalue weighted by molar-refractivity contribution is 9.10. The zero-order valence-electron chi connectivity index (χ0n) is 19.2. The van der Waals surface area contributed by atoms with Gasteiger partial charge in [-0.05, 0) is 80.9 Å². The molecule has 0 saturated carbocycles. The summed E-state index contributed by atoms with van der Waals surface area (Å²) in [6.45, 7) is 0.242. The van der Waals surface area contributed by atoms with Crippen molar-refractivity contribution in [3.8, 4) is 33.8 Å². The van der Waals surface area contributed by atoms with Crippen LogP contribution in [0, 0.1) is 0 Å². The Hall–Kier alpha value is -3.34. The lowest BCUT2D eigenvalue weighted by atomic mass is 9.67. The molecule has 0 unspecified atom stereocenters. The smallest absolute Gasteiger partial charge is 0.231 e. The van der Waals surface area contributed by atoms with E-state index in [2.05, 4.69) is 141 Å². The molecule has 1 aliphatic heterocycles. The standard InChI is InChI=1S/C32H20Br2O2/c33-23-11-4-9-21(15-23)32(22-10-5-12-24(34)16-22)27-14-6-13-25(20-7-2-1-3-8-20)31(27)26-17-29-30(18-28(26)32)36-19-35-29/h1-18H,19H2. The Bertz CT molecular complexity index is 1600. The minimum Gasteiger partial charge on any atom is -0.454 e. The molecule has 0 bridgehead atoms. The van der Waals surface area contributed by atoms with Crippen LogP contribution in [-0.4, -0.2) is 6.79 Å². The van der Waals surface area contributed by atoms with Crippen molar-refractivity contribution < 1.29 is 9.47 Å². The fourth-order valence-corrected chi connectivity index (χ4v) is 6.65. The molecular weight excluding hydrogens is 576 g/mol. The fourth-order valence-electron chi connectivity index (χ4n) is 5.85. The van der Waals surface area contributed by atoms with Crippen molar-refractivity contribution >= 4 is 31.9 Å². The van der Waals surface area contributed by atoms with E-state index in [1.54, 1.807) is 0 Å². The highest BCUT2D eigenvalue weighted by Gasteiger charge is 2.48. The summed E-state index contributed by atoms with van der Waals surface area (Å²) in [4.78, 5) is 0. The van der Waals surface area contributed by atoms with Crippen molar-refractivity contribution in [3.05, 3.63) is 140 Å². The first kappa shape index (κ1) is 21.9. The molecule has 2 aliphatic rings. The van der Waals surface area contributed by atoms with Gasteiger partial charge in [0.25, 0.3) is 0 Å². The topological polar surface area (TPSA) is 18.5 Å².